The van der Waals surface area contributed by atoms with Gasteiger partial charge in [-0.05, 0) is 56.2 Å². The zero-order chi connectivity index (χ0) is 16.1. The second kappa shape index (κ2) is 7.16. The Morgan fingerprint density at radius 2 is 1.64 bits per heavy atom. The monoisotopic (exact) mass is 300 g/mol. The minimum Gasteiger partial charge on any atom is -0.491 e. The molecular weight excluding hydrogens is 276 g/mol. The molecule has 1 aromatic heterocycles. The van der Waals surface area contributed by atoms with E-state index < -0.39 is 0 Å². The smallest absolute Gasteiger partial charge is 0.247 e. The number of carbonyl (C=O) groups excluding carboxylic acids is 1. The summed E-state index contributed by atoms with van der Waals surface area (Å²) >= 11 is 0. The van der Waals surface area contributed by atoms with E-state index in [2.05, 4.69) is 5.32 Å². The summed E-state index contributed by atoms with van der Waals surface area (Å²) in [4.78, 5) is 12.6. The zero-order valence-electron chi connectivity index (χ0n) is 13.6. The summed E-state index contributed by atoms with van der Waals surface area (Å²) in [6.45, 7) is 8.06. The van der Waals surface area contributed by atoms with Gasteiger partial charge < -0.3 is 14.6 Å². The van der Waals surface area contributed by atoms with Crippen LogP contribution in [0.25, 0.3) is 0 Å². The van der Waals surface area contributed by atoms with Gasteiger partial charge in [0.25, 0.3) is 0 Å². The summed E-state index contributed by atoms with van der Waals surface area (Å²) in [7, 11) is 0. The normalized spacial score (nSPS) is 12.5. The molecule has 0 aliphatic heterocycles. The van der Waals surface area contributed by atoms with Gasteiger partial charge in [0.2, 0.25) is 5.91 Å². The number of nitrogens with zero attached hydrogens (tertiary/aromatic N) is 1. The van der Waals surface area contributed by atoms with Crippen LogP contribution in [-0.4, -0.2) is 16.6 Å². The maximum absolute atomic E-state index is 12.6. The number of hydrogen-bond donors (Lipinski definition) is 1. The highest BCUT2D eigenvalue weighted by Crippen LogP contribution is 2.22. The number of rotatable bonds is 6. The molecule has 0 radical (unpaired) electrons. The van der Waals surface area contributed by atoms with Crippen molar-refractivity contribution in [3.8, 4) is 5.75 Å². The molecule has 0 aliphatic rings. The minimum atomic E-state index is -0.221. The first kappa shape index (κ1) is 16.1. The number of anilines is 1. The molecule has 0 fully saturated rings. The lowest BCUT2D eigenvalue weighted by Crippen LogP contribution is -2.29. The summed E-state index contributed by atoms with van der Waals surface area (Å²) in [5.41, 5.74) is 0.777. The molecule has 1 aromatic carbocycles. The lowest BCUT2D eigenvalue weighted by Gasteiger charge is -2.22. The molecule has 0 aliphatic carbocycles. The lowest BCUT2D eigenvalue weighted by atomic mass is 10.0. The highest BCUT2D eigenvalue weighted by molar-refractivity contribution is 5.93. The number of hydrogen-bond acceptors (Lipinski definition) is 2. The van der Waals surface area contributed by atoms with Crippen LogP contribution in [0.4, 0.5) is 5.69 Å². The van der Waals surface area contributed by atoms with Gasteiger partial charge in [-0.1, -0.05) is 13.8 Å². The molecule has 0 saturated carbocycles. The van der Waals surface area contributed by atoms with Gasteiger partial charge in [-0.25, -0.2) is 0 Å². The van der Waals surface area contributed by atoms with E-state index in [0.717, 1.165) is 11.4 Å². The van der Waals surface area contributed by atoms with Gasteiger partial charge in [0.05, 0.1) is 6.10 Å². The van der Waals surface area contributed by atoms with Crippen LogP contribution in [0.2, 0.25) is 0 Å². The molecule has 22 heavy (non-hydrogen) atoms. The highest BCUT2D eigenvalue weighted by Gasteiger charge is 2.23. The van der Waals surface area contributed by atoms with Crippen LogP contribution >= 0.6 is 0 Å². The van der Waals surface area contributed by atoms with Crippen LogP contribution in [0.3, 0.4) is 0 Å². The highest BCUT2D eigenvalue weighted by atomic mass is 16.5. The Morgan fingerprint density at radius 3 is 2.14 bits per heavy atom. The van der Waals surface area contributed by atoms with Gasteiger partial charge in [-0.3, -0.25) is 4.79 Å². The zero-order valence-corrected chi connectivity index (χ0v) is 13.6. The first-order chi connectivity index (χ1) is 10.5. The van der Waals surface area contributed by atoms with E-state index in [1.165, 1.54) is 0 Å². The number of ether oxygens (including phenoxy) is 1. The number of benzene rings is 1. The Labute approximate surface area is 132 Å². The topological polar surface area (TPSA) is 43.3 Å². The molecule has 1 atom stereocenters. The van der Waals surface area contributed by atoms with Crippen molar-refractivity contribution in [3.05, 3.63) is 48.8 Å². The van der Waals surface area contributed by atoms with E-state index in [0.29, 0.717) is 0 Å². The second-order valence-corrected chi connectivity index (χ2v) is 6.00. The molecule has 1 unspecified atom stereocenters. The van der Waals surface area contributed by atoms with Gasteiger partial charge >= 0.3 is 0 Å². The van der Waals surface area contributed by atoms with Crippen LogP contribution < -0.4 is 10.1 Å². The van der Waals surface area contributed by atoms with E-state index in [9.17, 15) is 4.79 Å². The summed E-state index contributed by atoms with van der Waals surface area (Å²) in [6.07, 6.45) is 3.98. The Bertz CT molecular complexity index is 586. The average molecular weight is 300 g/mol. The second-order valence-electron chi connectivity index (χ2n) is 6.00. The maximum atomic E-state index is 12.6. The van der Waals surface area contributed by atoms with Gasteiger partial charge in [0.1, 0.15) is 11.8 Å². The minimum absolute atomic E-state index is 0.0104. The van der Waals surface area contributed by atoms with Gasteiger partial charge in [0.15, 0.2) is 0 Å². The fourth-order valence-electron chi connectivity index (χ4n) is 2.42. The SMILES string of the molecule is CC(C)Oc1ccc(NC(=O)C(C(C)C)n2cccc2)cc1. The average Bonchev–Trinajstić information content (AvgIpc) is 2.94. The van der Waals surface area contributed by atoms with Crippen molar-refractivity contribution in [3.63, 3.8) is 0 Å². The van der Waals surface area contributed by atoms with E-state index in [1.54, 1.807) is 0 Å². The molecule has 0 bridgehead atoms. The molecule has 1 heterocycles. The summed E-state index contributed by atoms with van der Waals surface area (Å²) in [6, 6.07) is 11.1. The molecule has 4 heteroatoms. The maximum Gasteiger partial charge on any atom is 0.247 e. The Morgan fingerprint density at radius 1 is 1.05 bits per heavy atom. The number of amides is 1. The van der Waals surface area contributed by atoms with Crippen molar-refractivity contribution < 1.29 is 9.53 Å². The predicted molar refractivity (Wildman–Crippen MR) is 89.1 cm³/mol. The van der Waals surface area contributed by atoms with Crippen molar-refractivity contribution in [1.82, 2.24) is 4.57 Å². The molecule has 0 spiro atoms. The first-order valence-corrected chi connectivity index (χ1v) is 7.67. The van der Waals surface area contributed by atoms with E-state index >= 15 is 0 Å². The third-order valence-corrected chi connectivity index (χ3v) is 3.34. The summed E-state index contributed by atoms with van der Waals surface area (Å²) in [5, 5.41) is 2.98. The largest absolute Gasteiger partial charge is 0.491 e. The Kier molecular flexibility index (Phi) is 5.26. The predicted octanol–water partition coefficient (Wildman–Crippen LogP) is 4.11. The van der Waals surface area contributed by atoms with Crippen LogP contribution in [0, 0.1) is 5.92 Å². The van der Waals surface area contributed by atoms with Crippen molar-refractivity contribution in [2.75, 3.05) is 5.32 Å². The van der Waals surface area contributed by atoms with Crippen molar-refractivity contribution in [1.29, 1.82) is 0 Å². The molecule has 0 saturated heterocycles. The summed E-state index contributed by atoms with van der Waals surface area (Å²) < 4.78 is 7.54. The van der Waals surface area contributed by atoms with Crippen LogP contribution in [0.5, 0.6) is 5.75 Å². The Hall–Kier alpha value is -2.23. The quantitative estimate of drug-likeness (QED) is 0.872. The summed E-state index contributed by atoms with van der Waals surface area (Å²) in [5.74, 6) is 0.999. The van der Waals surface area contributed by atoms with Crippen molar-refractivity contribution >= 4 is 11.6 Å². The molecule has 118 valence electrons. The molecular formula is C18H24N2O2. The molecule has 4 nitrogen and oxygen atoms in total. The number of nitrogens with one attached hydrogen (secondary N) is 1. The molecule has 2 rings (SSSR count). The molecule has 1 amide bonds. The van der Waals surface area contributed by atoms with Crippen molar-refractivity contribution in [2.45, 2.75) is 39.8 Å². The van der Waals surface area contributed by atoms with Gasteiger partial charge in [-0.2, -0.15) is 0 Å². The van der Waals surface area contributed by atoms with Crippen LogP contribution in [0.1, 0.15) is 33.7 Å². The van der Waals surface area contributed by atoms with Crippen molar-refractivity contribution in [2.24, 2.45) is 5.92 Å². The van der Waals surface area contributed by atoms with Crippen LogP contribution in [0.15, 0.2) is 48.8 Å². The third kappa shape index (κ3) is 4.13. The van der Waals surface area contributed by atoms with Gasteiger partial charge in [0, 0.05) is 18.1 Å². The number of aromatic nitrogens is 1. The lowest BCUT2D eigenvalue weighted by molar-refractivity contribution is -0.120. The molecule has 1 N–H and O–H groups in total. The van der Waals surface area contributed by atoms with E-state index in [4.69, 9.17) is 4.74 Å². The standard InChI is InChI=1S/C18H24N2O2/c1-13(2)17(20-11-5-6-12-20)18(21)19-15-7-9-16(10-8-15)22-14(3)4/h5-14,17H,1-4H3,(H,19,21). The third-order valence-electron chi connectivity index (χ3n) is 3.34. The van der Waals surface area contributed by atoms with E-state index in [1.807, 2.05) is 81.1 Å². The number of carbonyl (C=O) groups is 1. The van der Waals surface area contributed by atoms with Gasteiger partial charge in [-0.15, -0.1) is 0 Å². The first-order valence-electron chi connectivity index (χ1n) is 7.67. The van der Waals surface area contributed by atoms with Crippen LogP contribution in [-0.2, 0) is 4.79 Å². The fraction of sp³-hybridized carbons (Fsp3) is 0.389. The molecule has 2 aromatic rings. The Balaban J connectivity index is 2.07. The van der Waals surface area contributed by atoms with E-state index in [-0.39, 0.29) is 24.0 Å². The fourth-order valence-corrected chi connectivity index (χ4v) is 2.42.